The van der Waals surface area contributed by atoms with Crippen LogP contribution in [0.3, 0.4) is 0 Å². The minimum absolute atomic E-state index is 0.0662. The molecule has 1 amide bonds. The Morgan fingerprint density at radius 2 is 2.23 bits per heavy atom. The molecular weight excluding hydrogens is 278 g/mol. The molecule has 2 aromatic rings. The van der Waals surface area contributed by atoms with Crippen LogP contribution in [0.5, 0.6) is 0 Å². The van der Waals surface area contributed by atoms with E-state index in [1.54, 1.807) is 11.0 Å². The van der Waals surface area contributed by atoms with E-state index in [1.807, 2.05) is 24.3 Å². The van der Waals surface area contributed by atoms with Crippen LogP contribution in [0.25, 0.3) is 0 Å². The van der Waals surface area contributed by atoms with Gasteiger partial charge in [0.25, 0.3) is 0 Å². The van der Waals surface area contributed by atoms with Crippen molar-refractivity contribution in [2.75, 3.05) is 11.9 Å². The Labute approximate surface area is 129 Å². The van der Waals surface area contributed by atoms with Gasteiger partial charge in [-0.15, -0.1) is 0 Å². The molecule has 0 spiro atoms. The molecule has 0 bridgehead atoms. The summed E-state index contributed by atoms with van der Waals surface area (Å²) in [6.45, 7) is 3.64. The Morgan fingerprint density at radius 3 is 2.82 bits per heavy atom. The minimum atomic E-state index is -0.403. The summed E-state index contributed by atoms with van der Waals surface area (Å²) in [5, 5.41) is 10.5. The molecule has 1 fully saturated rings. The molecule has 0 radical (unpaired) electrons. The average molecular weight is 299 g/mol. The standard InChI is InChI=1S/C16H21N5O/c1-2-16(8-3-9-18-16)15(22)20-14-6-4-13(5-7-14)10-21-12-17-11-19-21/h4-7,11-12,18H,2-3,8-10H2,1H3,(H,20,22). The van der Waals surface area contributed by atoms with Gasteiger partial charge in [-0.3, -0.25) is 4.79 Å². The van der Waals surface area contributed by atoms with Gasteiger partial charge in [0.2, 0.25) is 5.91 Å². The number of aromatic nitrogens is 3. The van der Waals surface area contributed by atoms with Crippen LogP contribution < -0.4 is 10.6 Å². The first-order valence-corrected chi connectivity index (χ1v) is 7.70. The first kappa shape index (κ1) is 14.7. The Morgan fingerprint density at radius 1 is 1.41 bits per heavy atom. The zero-order valence-corrected chi connectivity index (χ0v) is 12.7. The Kier molecular flexibility index (Phi) is 4.20. The van der Waals surface area contributed by atoms with Gasteiger partial charge in [0.15, 0.2) is 0 Å². The predicted octanol–water partition coefficient (Wildman–Crippen LogP) is 1.80. The molecule has 1 aliphatic rings. The number of carbonyl (C=O) groups excluding carboxylic acids is 1. The van der Waals surface area contributed by atoms with Crippen molar-refractivity contribution < 1.29 is 4.79 Å². The fourth-order valence-corrected chi connectivity index (χ4v) is 2.91. The Hall–Kier alpha value is -2.21. The van der Waals surface area contributed by atoms with Crippen LogP contribution in [0.4, 0.5) is 5.69 Å². The number of hydrogen-bond acceptors (Lipinski definition) is 4. The fourth-order valence-electron chi connectivity index (χ4n) is 2.91. The summed E-state index contributed by atoms with van der Waals surface area (Å²) in [6.07, 6.45) is 5.97. The molecule has 6 heteroatoms. The molecule has 3 rings (SSSR count). The lowest BCUT2D eigenvalue weighted by Gasteiger charge is -2.26. The van der Waals surface area contributed by atoms with Crippen LogP contribution in [0.15, 0.2) is 36.9 Å². The van der Waals surface area contributed by atoms with Crippen molar-refractivity contribution in [3.8, 4) is 0 Å². The highest BCUT2D eigenvalue weighted by atomic mass is 16.2. The van der Waals surface area contributed by atoms with E-state index >= 15 is 0 Å². The Balaban J connectivity index is 1.64. The van der Waals surface area contributed by atoms with Crippen LogP contribution in [0.1, 0.15) is 31.7 Å². The topological polar surface area (TPSA) is 71.8 Å². The van der Waals surface area contributed by atoms with Gasteiger partial charge in [-0.25, -0.2) is 9.67 Å². The molecule has 22 heavy (non-hydrogen) atoms. The Bertz CT molecular complexity index is 614. The lowest BCUT2D eigenvalue weighted by Crippen LogP contribution is -2.50. The first-order valence-electron chi connectivity index (χ1n) is 7.70. The van der Waals surface area contributed by atoms with E-state index in [0.29, 0.717) is 6.54 Å². The molecule has 1 unspecified atom stereocenters. The summed E-state index contributed by atoms with van der Waals surface area (Å²) < 4.78 is 1.77. The molecule has 2 heterocycles. The fraction of sp³-hybridized carbons (Fsp3) is 0.438. The zero-order valence-electron chi connectivity index (χ0n) is 12.7. The van der Waals surface area contributed by atoms with E-state index in [0.717, 1.165) is 37.1 Å². The van der Waals surface area contributed by atoms with Crippen LogP contribution in [0.2, 0.25) is 0 Å². The van der Waals surface area contributed by atoms with Crippen LogP contribution >= 0.6 is 0 Å². The lowest BCUT2D eigenvalue weighted by atomic mass is 9.93. The molecule has 1 aromatic heterocycles. The summed E-state index contributed by atoms with van der Waals surface area (Å²) in [7, 11) is 0. The smallest absolute Gasteiger partial charge is 0.244 e. The molecule has 0 saturated carbocycles. The number of hydrogen-bond donors (Lipinski definition) is 2. The lowest BCUT2D eigenvalue weighted by molar-refractivity contribution is -0.122. The molecule has 6 nitrogen and oxygen atoms in total. The average Bonchev–Trinajstić information content (AvgIpc) is 3.21. The SMILES string of the molecule is CCC1(C(=O)Nc2ccc(Cn3cncn3)cc2)CCCN1. The maximum absolute atomic E-state index is 12.5. The van der Waals surface area contributed by atoms with E-state index in [1.165, 1.54) is 6.33 Å². The summed E-state index contributed by atoms with van der Waals surface area (Å²) in [5.41, 5.74) is 1.54. The van der Waals surface area contributed by atoms with Crippen molar-refractivity contribution in [1.82, 2.24) is 20.1 Å². The third-order valence-corrected chi connectivity index (χ3v) is 4.30. The molecule has 0 aliphatic carbocycles. The molecular formula is C16H21N5O. The summed E-state index contributed by atoms with van der Waals surface area (Å²) >= 11 is 0. The van der Waals surface area contributed by atoms with E-state index < -0.39 is 5.54 Å². The van der Waals surface area contributed by atoms with Gasteiger partial charge in [0.05, 0.1) is 12.1 Å². The minimum Gasteiger partial charge on any atom is -0.324 e. The maximum Gasteiger partial charge on any atom is 0.244 e. The number of amides is 1. The molecule has 2 N–H and O–H groups in total. The van der Waals surface area contributed by atoms with Gasteiger partial charge in [-0.05, 0) is 43.5 Å². The highest BCUT2D eigenvalue weighted by molar-refractivity contribution is 5.98. The number of nitrogens with one attached hydrogen (secondary N) is 2. The van der Waals surface area contributed by atoms with Gasteiger partial charge < -0.3 is 10.6 Å². The predicted molar refractivity (Wildman–Crippen MR) is 84.5 cm³/mol. The molecule has 1 aromatic carbocycles. The number of benzene rings is 1. The van der Waals surface area contributed by atoms with Crippen molar-refractivity contribution in [3.05, 3.63) is 42.5 Å². The number of anilines is 1. The second-order valence-corrected chi connectivity index (χ2v) is 5.71. The number of nitrogens with zero attached hydrogens (tertiary/aromatic N) is 3. The van der Waals surface area contributed by atoms with Crippen molar-refractivity contribution in [2.24, 2.45) is 0 Å². The highest BCUT2D eigenvalue weighted by Gasteiger charge is 2.38. The monoisotopic (exact) mass is 299 g/mol. The van der Waals surface area contributed by atoms with Crippen LogP contribution in [-0.2, 0) is 11.3 Å². The summed E-state index contributed by atoms with van der Waals surface area (Å²) in [5.74, 6) is 0.0662. The van der Waals surface area contributed by atoms with Gasteiger partial charge >= 0.3 is 0 Å². The van der Waals surface area contributed by atoms with Gasteiger partial charge in [-0.2, -0.15) is 5.10 Å². The van der Waals surface area contributed by atoms with Crippen molar-refractivity contribution in [2.45, 2.75) is 38.3 Å². The van der Waals surface area contributed by atoms with E-state index in [9.17, 15) is 4.79 Å². The third-order valence-electron chi connectivity index (χ3n) is 4.30. The highest BCUT2D eigenvalue weighted by Crippen LogP contribution is 2.25. The summed E-state index contributed by atoms with van der Waals surface area (Å²) in [6, 6.07) is 7.86. The van der Waals surface area contributed by atoms with Crippen LogP contribution in [0, 0.1) is 0 Å². The van der Waals surface area contributed by atoms with Crippen LogP contribution in [-0.4, -0.2) is 32.8 Å². The molecule has 1 atom stereocenters. The van der Waals surface area contributed by atoms with E-state index in [2.05, 4.69) is 27.6 Å². The maximum atomic E-state index is 12.5. The van der Waals surface area contributed by atoms with Gasteiger partial charge in [-0.1, -0.05) is 19.1 Å². The number of rotatable bonds is 5. The molecule has 1 aliphatic heterocycles. The van der Waals surface area contributed by atoms with Crippen molar-refractivity contribution in [3.63, 3.8) is 0 Å². The van der Waals surface area contributed by atoms with E-state index in [4.69, 9.17) is 0 Å². The van der Waals surface area contributed by atoms with Gasteiger partial charge in [0, 0.05) is 5.69 Å². The van der Waals surface area contributed by atoms with Gasteiger partial charge in [0.1, 0.15) is 12.7 Å². The van der Waals surface area contributed by atoms with Crippen molar-refractivity contribution in [1.29, 1.82) is 0 Å². The zero-order chi connectivity index (χ0) is 15.4. The largest absolute Gasteiger partial charge is 0.324 e. The van der Waals surface area contributed by atoms with E-state index in [-0.39, 0.29) is 5.91 Å². The van der Waals surface area contributed by atoms with Crippen molar-refractivity contribution >= 4 is 11.6 Å². The quantitative estimate of drug-likeness (QED) is 0.883. The first-order chi connectivity index (χ1) is 10.7. The third kappa shape index (κ3) is 3.01. The number of carbonyl (C=O) groups is 1. The second kappa shape index (κ2) is 6.27. The second-order valence-electron chi connectivity index (χ2n) is 5.71. The normalized spacial score (nSPS) is 21.0. The molecule has 1 saturated heterocycles. The molecule has 116 valence electrons. The summed E-state index contributed by atoms with van der Waals surface area (Å²) in [4.78, 5) is 16.4.